The Kier molecular flexibility index (Phi) is 9.41. The summed E-state index contributed by atoms with van der Waals surface area (Å²) in [5.41, 5.74) is 2.43. The minimum atomic E-state index is -0.0473. The van der Waals surface area contributed by atoms with Crippen LogP contribution in [-0.2, 0) is 11.2 Å². The molecule has 0 bridgehead atoms. The molecule has 2 saturated heterocycles. The molecule has 1 N–H and O–H groups in total. The molecule has 2 heterocycles. The van der Waals surface area contributed by atoms with Crippen LogP contribution in [0.1, 0.15) is 52.5 Å². The minimum Gasteiger partial charge on any atom is -0.376 e. The molecule has 2 fully saturated rings. The van der Waals surface area contributed by atoms with Crippen LogP contribution in [-0.4, -0.2) is 74.1 Å². The van der Waals surface area contributed by atoms with Crippen molar-refractivity contribution in [3.63, 3.8) is 0 Å². The lowest BCUT2D eigenvalue weighted by Gasteiger charge is -2.41. The van der Waals surface area contributed by atoms with Gasteiger partial charge in [-0.25, -0.2) is 0 Å². The van der Waals surface area contributed by atoms with Gasteiger partial charge in [-0.1, -0.05) is 37.2 Å². The molecule has 0 radical (unpaired) electrons. The molecule has 0 aliphatic carbocycles. The predicted octanol–water partition coefficient (Wildman–Crippen LogP) is 3.10. The Balaban J connectivity index is 1.33. The second-order valence-corrected chi connectivity index (χ2v) is 10.7. The molecule has 4 rings (SSSR count). The Bertz CT molecular complexity index is 1200. The lowest BCUT2D eigenvalue weighted by molar-refractivity contribution is 0.0169. The quantitative estimate of drug-likeness (QED) is 0.548. The van der Waals surface area contributed by atoms with E-state index in [2.05, 4.69) is 36.8 Å². The third kappa shape index (κ3) is 7.01. The number of nitrogens with zero attached hydrogens (tertiary/aromatic N) is 2. The highest BCUT2D eigenvalue weighted by molar-refractivity contribution is 6.30. The first-order valence-electron chi connectivity index (χ1n) is 13.3. The number of likely N-dealkylation sites (tertiary alicyclic amines) is 1. The molecule has 2 aromatic carbocycles. The van der Waals surface area contributed by atoms with Crippen LogP contribution in [0.25, 0.3) is 12.7 Å². The van der Waals surface area contributed by atoms with Crippen LogP contribution in [0, 0.1) is 5.92 Å². The number of carbonyl (C=O) groups excluding carboxylic acids is 2. The van der Waals surface area contributed by atoms with Crippen LogP contribution in [0.15, 0.2) is 36.4 Å². The normalized spacial score (nSPS) is 18.6. The summed E-state index contributed by atoms with van der Waals surface area (Å²) in [4.78, 5) is 29.8. The average molecular weight is 524 g/mol. The topological polar surface area (TPSA) is 61.9 Å². The monoisotopic (exact) mass is 523 g/mol. The average Bonchev–Trinajstić information content (AvgIpc) is 2.88. The third-order valence-corrected chi connectivity index (χ3v) is 7.57. The van der Waals surface area contributed by atoms with Gasteiger partial charge in [0.05, 0.1) is 6.10 Å². The molecule has 2 amide bonds. The highest BCUT2D eigenvalue weighted by atomic mass is 35.5. The number of carbonyl (C=O) groups is 2. The summed E-state index contributed by atoms with van der Waals surface area (Å²) in [6.07, 6.45) is 6.30. The van der Waals surface area contributed by atoms with Crippen molar-refractivity contribution in [3.05, 3.63) is 68.5 Å². The van der Waals surface area contributed by atoms with Crippen molar-refractivity contribution < 1.29 is 14.3 Å². The highest BCUT2D eigenvalue weighted by Gasteiger charge is 2.31. The van der Waals surface area contributed by atoms with Crippen molar-refractivity contribution in [2.24, 2.45) is 5.92 Å². The number of hydrogen-bond donors (Lipinski definition) is 1. The number of hydrogen-bond acceptors (Lipinski definition) is 4. The fourth-order valence-corrected chi connectivity index (χ4v) is 5.35. The van der Waals surface area contributed by atoms with Gasteiger partial charge >= 0.3 is 0 Å². The molecule has 0 aromatic heterocycles. The van der Waals surface area contributed by atoms with Gasteiger partial charge in [0.15, 0.2) is 0 Å². The Morgan fingerprint density at radius 3 is 2.62 bits per heavy atom. The van der Waals surface area contributed by atoms with Crippen molar-refractivity contribution in [3.8, 4) is 0 Å². The number of amides is 2. The zero-order chi connectivity index (χ0) is 26.4. The van der Waals surface area contributed by atoms with E-state index in [1.807, 2.05) is 17.0 Å². The van der Waals surface area contributed by atoms with Gasteiger partial charge in [0, 0.05) is 61.4 Å². The fourth-order valence-electron chi connectivity index (χ4n) is 5.22. The van der Waals surface area contributed by atoms with Crippen molar-refractivity contribution >= 4 is 36.1 Å². The Morgan fingerprint density at radius 1 is 1.19 bits per heavy atom. The van der Waals surface area contributed by atoms with Gasteiger partial charge in [-0.3, -0.25) is 9.59 Å². The smallest absolute Gasteiger partial charge is 0.253 e. The fraction of sp³-hybridized carbons (Fsp3) is 0.467. The van der Waals surface area contributed by atoms with E-state index in [-0.39, 0.29) is 17.9 Å². The van der Waals surface area contributed by atoms with E-state index in [1.54, 1.807) is 24.3 Å². The molecule has 1 unspecified atom stereocenters. The second-order valence-electron chi connectivity index (χ2n) is 10.2. The zero-order valence-corrected chi connectivity index (χ0v) is 22.7. The maximum Gasteiger partial charge on any atom is 0.253 e. The summed E-state index contributed by atoms with van der Waals surface area (Å²) in [5.74, 6) is 0.453. The van der Waals surface area contributed by atoms with Gasteiger partial charge in [0.2, 0.25) is 0 Å². The number of ether oxygens (including phenoxy) is 1. The summed E-state index contributed by atoms with van der Waals surface area (Å²) in [6, 6.07) is 10.9. The number of benzene rings is 2. The van der Waals surface area contributed by atoms with Crippen LogP contribution in [0.3, 0.4) is 0 Å². The summed E-state index contributed by atoms with van der Waals surface area (Å²) in [7, 11) is 2.09. The summed E-state index contributed by atoms with van der Waals surface area (Å²) in [5, 5.41) is 5.69. The summed E-state index contributed by atoms with van der Waals surface area (Å²) in [6.45, 7) is 10.8. The van der Waals surface area contributed by atoms with Gasteiger partial charge < -0.3 is 19.9 Å². The maximum atomic E-state index is 13.0. The molecule has 0 spiro atoms. The maximum absolute atomic E-state index is 13.0. The minimum absolute atomic E-state index is 0.0473. The number of halogens is 1. The molecule has 37 heavy (non-hydrogen) atoms. The van der Waals surface area contributed by atoms with E-state index >= 15 is 0 Å². The van der Waals surface area contributed by atoms with E-state index in [4.69, 9.17) is 16.3 Å². The van der Waals surface area contributed by atoms with Gasteiger partial charge in [-0.15, -0.1) is 0 Å². The van der Waals surface area contributed by atoms with Gasteiger partial charge in [0.1, 0.15) is 0 Å². The van der Waals surface area contributed by atoms with Crippen molar-refractivity contribution in [1.82, 2.24) is 15.1 Å². The lowest BCUT2D eigenvalue weighted by Crippen LogP contribution is -2.53. The van der Waals surface area contributed by atoms with Crippen LogP contribution in [0.2, 0.25) is 5.02 Å². The molecule has 6 nitrogen and oxygen atoms in total. The van der Waals surface area contributed by atoms with Gasteiger partial charge in [-0.2, -0.15) is 0 Å². The van der Waals surface area contributed by atoms with E-state index in [1.165, 1.54) is 0 Å². The number of rotatable bonds is 9. The Labute approximate surface area is 224 Å². The number of nitrogens with one attached hydrogen (secondary N) is 1. The molecule has 7 heteroatoms. The van der Waals surface area contributed by atoms with Crippen molar-refractivity contribution in [2.45, 2.75) is 38.7 Å². The molecular weight excluding hydrogens is 486 g/mol. The molecule has 2 aromatic rings. The van der Waals surface area contributed by atoms with Crippen LogP contribution >= 0.6 is 11.6 Å². The Hall–Kier alpha value is -2.67. The first-order chi connectivity index (χ1) is 17.9. The molecule has 0 saturated carbocycles. The van der Waals surface area contributed by atoms with Crippen molar-refractivity contribution in [2.75, 3.05) is 46.4 Å². The van der Waals surface area contributed by atoms with E-state index in [0.717, 1.165) is 80.0 Å². The second kappa shape index (κ2) is 12.7. The van der Waals surface area contributed by atoms with Gasteiger partial charge in [0.25, 0.3) is 11.8 Å². The lowest BCUT2D eigenvalue weighted by atomic mass is 9.98. The van der Waals surface area contributed by atoms with Crippen molar-refractivity contribution in [1.29, 1.82) is 0 Å². The highest BCUT2D eigenvalue weighted by Crippen LogP contribution is 2.20. The largest absolute Gasteiger partial charge is 0.376 e. The van der Waals surface area contributed by atoms with Crippen LogP contribution in [0.4, 0.5) is 0 Å². The van der Waals surface area contributed by atoms with Gasteiger partial charge in [-0.05, 0) is 79.1 Å². The Morgan fingerprint density at radius 2 is 1.95 bits per heavy atom. The molecule has 1 atom stereocenters. The molecule has 2 aliphatic heterocycles. The molecule has 2 aliphatic rings. The molecule has 198 valence electrons. The third-order valence-electron chi connectivity index (χ3n) is 7.32. The summed E-state index contributed by atoms with van der Waals surface area (Å²) >= 11 is 5.93. The SMILES string of the molecule is C=c1ccc(C(=O)NCC2CCCCO2)c(CC)/c1=C/CN(C)CC1CN(C(=O)c2ccc(Cl)cc2)C1. The first kappa shape index (κ1) is 27.4. The first-order valence-corrected chi connectivity index (χ1v) is 13.7. The molecular formula is C30H38ClN3O3. The zero-order valence-electron chi connectivity index (χ0n) is 22.0. The van der Waals surface area contributed by atoms with E-state index in [0.29, 0.717) is 23.0 Å². The standard InChI is InChI=1S/C30H38ClN3O3/c1-4-26-27(21(2)8-13-28(26)29(35)32-17-25-7-5-6-16-37-25)14-15-33(3)18-22-19-34(20-22)30(36)23-9-11-24(31)12-10-23/h8-14,22,25H,2,4-7,15-20H2,1,3H3,(H,32,35)/b27-14+. The van der Waals surface area contributed by atoms with Crippen LogP contribution < -0.4 is 15.8 Å². The summed E-state index contributed by atoms with van der Waals surface area (Å²) < 4.78 is 5.76. The predicted molar refractivity (Wildman–Crippen MR) is 149 cm³/mol. The van der Waals surface area contributed by atoms with E-state index < -0.39 is 0 Å². The van der Waals surface area contributed by atoms with Crippen LogP contribution in [0.5, 0.6) is 0 Å². The van der Waals surface area contributed by atoms with E-state index in [9.17, 15) is 9.59 Å².